The van der Waals surface area contributed by atoms with Gasteiger partial charge in [-0.3, -0.25) is 14.4 Å². The monoisotopic (exact) mass is 428 g/mol. The van der Waals surface area contributed by atoms with Gasteiger partial charge in [-0.05, 0) is 49.7 Å². The first-order valence-corrected chi connectivity index (χ1v) is 9.97. The highest BCUT2D eigenvalue weighted by Gasteiger charge is 2.60. The summed E-state index contributed by atoms with van der Waals surface area (Å²) >= 11 is 5.79. The largest absolute Gasteiger partial charge is 0.370 e. The topological polar surface area (TPSA) is 101 Å². The number of nitrogens with zero attached hydrogens (tertiary/aromatic N) is 2. The minimum absolute atomic E-state index is 0.0752. The minimum atomic E-state index is -0.782. The molecule has 2 N–H and O–H groups in total. The molecule has 156 valence electrons. The molecule has 1 aliphatic heterocycles. The molecule has 4 rings (SSSR count). The van der Waals surface area contributed by atoms with Crippen LogP contribution in [0.1, 0.15) is 13.3 Å². The van der Waals surface area contributed by atoms with Crippen LogP contribution in [0.15, 0.2) is 42.6 Å². The van der Waals surface area contributed by atoms with E-state index in [-0.39, 0.29) is 24.3 Å². The molecule has 1 aromatic carbocycles. The third-order valence-electron chi connectivity index (χ3n) is 5.47. The Kier molecular flexibility index (Phi) is 5.44. The second-order valence-electron chi connectivity index (χ2n) is 7.62. The van der Waals surface area contributed by atoms with Crippen LogP contribution in [0.3, 0.4) is 0 Å². The van der Waals surface area contributed by atoms with E-state index in [2.05, 4.69) is 15.6 Å². The van der Waals surface area contributed by atoms with Gasteiger partial charge in [0.2, 0.25) is 11.8 Å². The molecule has 30 heavy (non-hydrogen) atoms. The fraction of sp³-hybridized carbons (Fsp3) is 0.333. The first-order chi connectivity index (χ1) is 14.4. The molecular formula is C21H21ClN4O4. The fourth-order valence-corrected chi connectivity index (χ4v) is 3.56. The van der Waals surface area contributed by atoms with Crippen LogP contribution >= 0.6 is 11.6 Å². The van der Waals surface area contributed by atoms with Crippen LogP contribution in [0.2, 0.25) is 5.02 Å². The van der Waals surface area contributed by atoms with Crippen molar-refractivity contribution in [2.45, 2.75) is 13.3 Å². The lowest BCUT2D eigenvalue weighted by atomic mass is 10.0. The Morgan fingerprint density at radius 3 is 2.63 bits per heavy atom. The number of carbonyl (C=O) groups excluding carboxylic acids is 3. The van der Waals surface area contributed by atoms with Gasteiger partial charge in [-0.25, -0.2) is 4.98 Å². The summed E-state index contributed by atoms with van der Waals surface area (Å²) in [6.07, 6.45) is 1.91. The standard InChI is InChI=1S/C21H21ClN4O4/c1-21(10-16(21)19(28)25-17-7-2-13(22)11-23-17)20(29)24-14-3-5-15(6-4-14)26-8-9-30-12-18(26)27/h2-7,11,16H,8-10,12H2,1H3,(H,24,29)(H,23,25,28). The summed E-state index contributed by atoms with van der Waals surface area (Å²) in [5.41, 5.74) is 0.581. The molecule has 8 nitrogen and oxygen atoms in total. The molecule has 2 aromatic rings. The number of hydrogen-bond donors (Lipinski definition) is 2. The molecule has 0 bridgehead atoms. The maximum atomic E-state index is 12.7. The summed E-state index contributed by atoms with van der Waals surface area (Å²) in [7, 11) is 0. The van der Waals surface area contributed by atoms with Crippen molar-refractivity contribution in [1.29, 1.82) is 0 Å². The lowest BCUT2D eigenvalue weighted by Gasteiger charge is -2.27. The number of pyridine rings is 1. The molecule has 2 aliphatic rings. The summed E-state index contributed by atoms with van der Waals surface area (Å²) in [6, 6.07) is 10.3. The van der Waals surface area contributed by atoms with Crippen molar-refractivity contribution in [3.05, 3.63) is 47.6 Å². The van der Waals surface area contributed by atoms with Gasteiger partial charge >= 0.3 is 0 Å². The molecule has 3 amide bonds. The molecule has 1 aliphatic carbocycles. The van der Waals surface area contributed by atoms with E-state index < -0.39 is 11.3 Å². The average molecular weight is 429 g/mol. The number of anilines is 3. The Hall–Kier alpha value is -2.97. The fourth-order valence-electron chi connectivity index (χ4n) is 3.45. The Labute approximate surface area is 178 Å². The molecule has 0 spiro atoms. The maximum Gasteiger partial charge on any atom is 0.253 e. The number of benzene rings is 1. The van der Waals surface area contributed by atoms with E-state index in [1.807, 2.05) is 0 Å². The molecule has 0 radical (unpaired) electrons. The first kappa shape index (κ1) is 20.3. The Balaban J connectivity index is 1.35. The third kappa shape index (κ3) is 4.15. The van der Waals surface area contributed by atoms with Gasteiger partial charge in [-0.1, -0.05) is 11.6 Å². The van der Waals surface area contributed by atoms with Crippen LogP contribution < -0.4 is 15.5 Å². The summed E-state index contributed by atoms with van der Waals surface area (Å²) in [4.78, 5) is 42.8. The zero-order chi connectivity index (χ0) is 21.3. The lowest BCUT2D eigenvalue weighted by Crippen LogP contribution is -2.41. The van der Waals surface area contributed by atoms with E-state index in [4.69, 9.17) is 16.3 Å². The second-order valence-corrected chi connectivity index (χ2v) is 8.06. The van der Waals surface area contributed by atoms with Crippen LogP contribution in [0.25, 0.3) is 0 Å². The zero-order valence-corrected chi connectivity index (χ0v) is 17.1. The summed E-state index contributed by atoms with van der Waals surface area (Å²) in [6.45, 7) is 2.84. The molecule has 2 atom stereocenters. The van der Waals surface area contributed by atoms with Gasteiger partial charge in [0.25, 0.3) is 5.91 Å². The maximum absolute atomic E-state index is 12.7. The Bertz CT molecular complexity index is 980. The van der Waals surface area contributed by atoms with E-state index in [9.17, 15) is 14.4 Å². The van der Waals surface area contributed by atoms with Crippen molar-refractivity contribution in [2.24, 2.45) is 11.3 Å². The highest BCUT2D eigenvalue weighted by molar-refractivity contribution is 6.30. The van der Waals surface area contributed by atoms with Crippen molar-refractivity contribution < 1.29 is 19.1 Å². The van der Waals surface area contributed by atoms with Crippen LogP contribution in [0.5, 0.6) is 0 Å². The molecule has 2 heterocycles. The van der Waals surface area contributed by atoms with Crippen LogP contribution in [-0.4, -0.2) is 42.5 Å². The second kappa shape index (κ2) is 8.04. The predicted molar refractivity (Wildman–Crippen MR) is 112 cm³/mol. The summed E-state index contributed by atoms with van der Waals surface area (Å²) in [5, 5.41) is 6.06. The number of amides is 3. The van der Waals surface area contributed by atoms with E-state index in [1.54, 1.807) is 48.2 Å². The van der Waals surface area contributed by atoms with Gasteiger partial charge < -0.3 is 20.3 Å². The normalized spacial score (nSPS) is 23.1. The number of halogens is 1. The molecule has 2 unspecified atom stereocenters. The van der Waals surface area contributed by atoms with Gasteiger partial charge in [0.15, 0.2) is 0 Å². The number of nitrogens with one attached hydrogen (secondary N) is 2. The van der Waals surface area contributed by atoms with Crippen molar-refractivity contribution >= 4 is 46.5 Å². The van der Waals surface area contributed by atoms with Gasteiger partial charge in [-0.15, -0.1) is 0 Å². The van der Waals surface area contributed by atoms with Crippen LogP contribution in [0.4, 0.5) is 17.2 Å². The predicted octanol–water partition coefficient (Wildman–Crippen LogP) is 2.70. The van der Waals surface area contributed by atoms with Crippen molar-refractivity contribution in [2.75, 3.05) is 35.3 Å². The molecule has 1 aromatic heterocycles. The number of morpholine rings is 1. The van der Waals surface area contributed by atoms with E-state index in [0.717, 1.165) is 5.69 Å². The van der Waals surface area contributed by atoms with Crippen LogP contribution in [0, 0.1) is 11.3 Å². The summed E-state index contributed by atoms with van der Waals surface area (Å²) in [5.74, 6) is -0.592. The number of ether oxygens (including phenoxy) is 1. The average Bonchev–Trinajstić information content (AvgIpc) is 3.44. The lowest BCUT2D eigenvalue weighted by molar-refractivity contribution is -0.125. The molecule has 1 saturated heterocycles. The number of aromatic nitrogens is 1. The number of rotatable bonds is 5. The molecular weight excluding hydrogens is 408 g/mol. The van der Waals surface area contributed by atoms with Gasteiger partial charge in [0.1, 0.15) is 12.4 Å². The van der Waals surface area contributed by atoms with Crippen molar-refractivity contribution in [1.82, 2.24) is 4.98 Å². The SMILES string of the molecule is CC1(C(=O)Nc2ccc(N3CCOCC3=O)cc2)CC1C(=O)Nc1ccc(Cl)cn1. The third-order valence-corrected chi connectivity index (χ3v) is 5.70. The first-order valence-electron chi connectivity index (χ1n) is 9.59. The highest BCUT2D eigenvalue weighted by atomic mass is 35.5. The quantitative estimate of drug-likeness (QED) is 0.762. The smallest absolute Gasteiger partial charge is 0.253 e. The van der Waals surface area contributed by atoms with Crippen LogP contribution in [-0.2, 0) is 19.1 Å². The Morgan fingerprint density at radius 1 is 1.20 bits per heavy atom. The number of hydrogen-bond acceptors (Lipinski definition) is 5. The zero-order valence-electron chi connectivity index (χ0n) is 16.4. The van der Waals surface area contributed by atoms with Gasteiger partial charge in [0, 0.05) is 24.1 Å². The van der Waals surface area contributed by atoms with Gasteiger partial charge in [-0.2, -0.15) is 0 Å². The Morgan fingerprint density at radius 2 is 1.97 bits per heavy atom. The van der Waals surface area contributed by atoms with E-state index >= 15 is 0 Å². The minimum Gasteiger partial charge on any atom is -0.370 e. The number of carbonyl (C=O) groups is 3. The summed E-state index contributed by atoms with van der Waals surface area (Å²) < 4.78 is 5.14. The molecule has 1 saturated carbocycles. The van der Waals surface area contributed by atoms with E-state index in [0.29, 0.717) is 36.1 Å². The van der Waals surface area contributed by atoms with E-state index in [1.165, 1.54) is 6.20 Å². The van der Waals surface area contributed by atoms with Gasteiger partial charge in [0.05, 0.1) is 23.0 Å². The molecule has 2 fully saturated rings. The van der Waals surface area contributed by atoms with Crippen molar-refractivity contribution in [3.63, 3.8) is 0 Å². The molecule has 9 heteroatoms. The highest BCUT2D eigenvalue weighted by Crippen LogP contribution is 2.53. The van der Waals surface area contributed by atoms with Crippen molar-refractivity contribution in [3.8, 4) is 0 Å².